The Bertz CT molecular complexity index is 2940. The van der Waals surface area contributed by atoms with E-state index in [1.807, 2.05) is 19.9 Å². The van der Waals surface area contributed by atoms with E-state index < -0.39 is 35.4 Å². The standard InChI is InChI=1S/C52H52O10S2/c1-23(2)13-27-16-29(17-28(46(27)57)14-24-5-3-6-30(54)15-24)50-49(60)48(59)45-40(62-50)21-38(56)43-35-19-34-33-18-25(8-9-26(33)22-53)31-10-11-32-44(41(31)34)42(35)36-20-39(61-51(43)45)37(55)7-4-12-63-64-52(32)47(36)58/h3,5-6,10-11,15-17,19,21,23,25-26,33,36-37,39,47,52-58,60H,4,7-9,12-14,18,20,22H2,1-2H3/t25-,26+,33-,36+,37+,39+,47-,52-/m1/s1. The summed E-state index contributed by atoms with van der Waals surface area (Å²) in [7, 11) is 3.37. The van der Waals surface area contributed by atoms with E-state index in [1.54, 1.807) is 51.9 Å². The van der Waals surface area contributed by atoms with E-state index in [2.05, 4.69) is 18.2 Å². The van der Waals surface area contributed by atoms with Crippen molar-refractivity contribution >= 4 is 43.3 Å². The molecule has 64 heavy (non-hydrogen) atoms. The van der Waals surface area contributed by atoms with Crippen LogP contribution in [0.2, 0.25) is 0 Å². The van der Waals surface area contributed by atoms with Crippen molar-refractivity contribution < 1.29 is 44.9 Å². The van der Waals surface area contributed by atoms with Crippen molar-refractivity contribution in [3.8, 4) is 51.2 Å². The van der Waals surface area contributed by atoms with Crippen molar-refractivity contribution in [1.29, 1.82) is 0 Å². The second-order valence-electron chi connectivity index (χ2n) is 19.2. The molecule has 5 aliphatic rings. The molecule has 0 amide bonds. The summed E-state index contributed by atoms with van der Waals surface area (Å²) < 4.78 is 13.4. The molecule has 2 aliphatic heterocycles. The Kier molecular flexibility index (Phi) is 10.4. The Balaban J connectivity index is 1.18. The van der Waals surface area contributed by atoms with Crippen LogP contribution >= 0.6 is 21.6 Å². The molecule has 1 saturated carbocycles. The monoisotopic (exact) mass is 900 g/mol. The molecule has 5 bridgehead atoms. The molecule has 12 heteroatoms. The van der Waals surface area contributed by atoms with Crippen molar-refractivity contribution in [2.24, 2.45) is 11.8 Å². The number of ether oxygens (including phenoxy) is 1. The van der Waals surface area contributed by atoms with Gasteiger partial charge in [-0.25, -0.2) is 0 Å². The average molecular weight is 901 g/mol. The molecule has 5 aromatic carbocycles. The molecule has 3 heterocycles. The van der Waals surface area contributed by atoms with E-state index in [-0.39, 0.29) is 87.7 Å². The minimum absolute atomic E-state index is 0.00402. The quantitative estimate of drug-likeness (QED) is 0.0788. The molecular formula is C52H52O10S2. The molecule has 8 atom stereocenters. The van der Waals surface area contributed by atoms with Gasteiger partial charge in [0, 0.05) is 36.3 Å². The summed E-state index contributed by atoms with van der Waals surface area (Å²) in [5.74, 6) is -0.0547. The number of phenolic OH excluding ortho intramolecular Hbond substituents is 3. The average Bonchev–Trinajstić information content (AvgIpc) is 3.28. The highest BCUT2D eigenvalue weighted by Crippen LogP contribution is 2.63. The van der Waals surface area contributed by atoms with Crippen molar-refractivity contribution in [2.75, 3.05) is 12.4 Å². The lowest BCUT2D eigenvalue weighted by atomic mass is 9.61. The largest absolute Gasteiger partial charge is 0.508 e. The number of hydrogen-bond donors (Lipinski definition) is 7. The fourth-order valence-electron chi connectivity index (χ4n) is 11.9. The molecule has 332 valence electrons. The van der Waals surface area contributed by atoms with Gasteiger partial charge >= 0.3 is 0 Å². The summed E-state index contributed by atoms with van der Waals surface area (Å²) >= 11 is 0. The van der Waals surface area contributed by atoms with Crippen molar-refractivity contribution in [3.63, 3.8) is 0 Å². The first-order chi connectivity index (χ1) is 30.9. The molecule has 7 N–H and O–H groups in total. The minimum Gasteiger partial charge on any atom is -0.508 e. The van der Waals surface area contributed by atoms with Gasteiger partial charge in [-0.3, -0.25) is 4.79 Å². The maximum atomic E-state index is 15.0. The van der Waals surface area contributed by atoms with Crippen molar-refractivity contribution in [2.45, 2.75) is 107 Å². The Morgan fingerprint density at radius 3 is 2.44 bits per heavy atom. The van der Waals surface area contributed by atoms with Gasteiger partial charge in [-0.15, -0.1) is 0 Å². The number of benzene rings is 5. The van der Waals surface area contributed by atoms with Crippen LogP contribution in [-0.4, -0.2) is 66.4 Å². The van der Waals surface area contributed by atoms with E-state index in [0.717, 1.165) is 58.0 Å². The smallest absolute Gasteiger partial charge is 0.238 e. The molecular weight excluding hydrogens is 849 g/mol. The fourth-order valence-corrected chi connectivity index (χ4v) is 14.8. The van der Waals surface area contributed by atoms with Crippen LogP contribution in [-0.2, 0) is 12.8 Å². The highest BCUT2D eigenvalue weighted by Gasteiger charge is 2.47. The number of aromatic hydroxyl groups is 4. The lowest BCUT2D eigenvalue weighted by molar-refractivity contribution is 0.00974. The van der Waals surface area contributed by atoms with E-state index in [1.165, 1.54) is 11.6 Å². The lowest BCUT2D eigenvalue weighted by Gasteiger charge is -2.46. The first-order valence-electron chi connectivity index (χ1n) is 22.6. The van der Waals surface area contributed by atoms with Crippen LogP contribution in [0.4, 0.5) is 0 Å². The van der Waals surface area contributed by atoms with Gasteiger partial charge in [-0.2, -0.15) is 0 Å². The molecule has 0 unspecified atom stereocenters. The molecule has 11 rings (SSSR count). The van der Waals surface area contributed by atoms with E-state index >= 15 is 0 Å². The van der Waals surface area contributed by atoms with Gasteiger partial charge in [-0.05, 0) is 154 Å². The SMILES string of the molecule is CC(C)Cc1cc(-c2oc3cc(O)c4c(c3c(=O)c2O)O[C@H]2C[C@H]3c5c-4cc4c6c(ccc(c56)[C@@H](SSCCC[C@@H]2O)[C@@H]3O)[C@@H]2CC[C@@H](CO)[C@H]4C2)cc(Cc2cccc(O)c2)c1O. The first-order valence-corrected chi connectivity index (χ1v) is 25.0. The van der Waals surface area contributed by atoms with Gasteiger partial charge < -0.3 is 44.9 Å². The predicted molar refractivity (Wildman–Crippen MR) is 251 cm³/mol. The molecule has 1 saturated heterocycles. The van der Waals surface area contributed by atoms with Gasteiger partial charge in [0.1, 0.15) is 40.1 Å². The third kappa shape index (κ3) is 6.61. The van der Waals surface area contributed by atoms with Crippen LogP contribution < -0.4 is 10.2 Å². The van der Waals surface area contributed by atoms with Gasteiger partial charge in [-0.1, -0.05) is 59.7 Å². The topological polar surface area (TPSA) is 181 Å². The van der Waals surface area contributed by atoms with Crippen LogP contribution in [0, 0.1) is 11.8 Å². The summed E-state index contributed by atoms with van der Waals surface area (Å²) in [6, 6.07) is 18.0. The zero-order chi connectivity index (χ0) is 44.3. The van der Waals surface area contributed by atoms with Crippen molar-refractivity contribution in [1.82, 2.24) is 0 Å². The molecule has 0 spiro atoms. The maximum absolute atomic E-state index is 15.0. The van der Waals surface area contributed by atoms with Gasteiger partial charge in [0.15, 0.2) is 5.76 Å². The number of fused-ring (bicyclic) bond motifs is 11. The second kappa shape index (κ2) is 15.9. The first kappa shape index (κ1) is 41.8. The molecule has 3 aliphatic carbocycles. The Morgan fingerprint density at radius 2 is 1.64 bits per heavy atom. The summed E-state index contributed by atoms with van der Waals surface area (Å²) in [5.41, 5.74) is 6.45. The second-order valence-corrected chi connectivity index (χ2v) is 21.8. The van der Waals surface area contributed by atoms with Crippen LogP contribution in [0.5, 0.6) is 28.7 Å². The number of aliphatic hydroxyl groups excluding tert-OH is 3. The maximum Gasteiger partial charge on any atom is 0.238 e. The van der Waals surface area contributed by atoms with Gasteiger partial charge in [0.2, 0.25) is 11.2 Å². The number of hydrogen-bond acceptors (Lipinski definition) is 12. The Hall–Kier alpha value is -4.85. The minimum atomic E-state index is -0.978. The zero-order valence-corrected chi connectivity index (χ0v) is 37.3. The summed E-state index contributed by atoms with van der Waals surface area (Å²) in [6.07, 6.45) is 2.11. The molecule has 1 aromatic heterocycles. The lowest BCUT2D eigenvalue weighted by Crippen LogP contribution is -2.40. The summed E-state index contributed by atoms with van der Waals surface area (Å²) in [6.45, 7) is 4.10. The van der Waals surface area contributed by atoms with Gasteiger partial charge in [0.25, 0.3) is 0 Å². The fraction of sp³-hybridized carbons (Fsp3) is 0.404. The highest BCUT2D eigenvalue weighted by atomic mass is 33.1. The Morgan fingerprint density at radius 1 is 0.828 bits per heavy atom. The molecule has 10 nitrogen and oxygen atoms in total. The van der Waals surface area contributed by atoms with Crippen LogP contribution in [0.1, 0.15) is 114 Å². The number of rotatable bonds is 6. The van der Waals surface area contributed by atoms with E-state index in [9.17, 15) is 40.5 Å². The zero-order valence-electron chi connectivity index (χ0n) is 35.7. The van der Waals surface area contributed by atoms with E-state index in [4.69, 9.17) is 9.15 Å². The molecule has 6 aromatic rings. The van der Waals surface area contributed by atoms with Crippen LogP contribution in [0.3, 0.4) is 0 Å². The number of phenols is 3. The van der Waals surface area contributed by atoms with E-state index in [0.29, 0.717) is 47.4 Å². The summed E-state index contributed by atoms with van der Waals surface area (Å²) in [5, 5.41) is 83.3. The summed E-state index contributed by atoms with van der Waals surface area (Å²) in [4.78, 5) is 15.0. The highest BCUT2D eigenvalue weighted by molar-refractivity contribution is 8.76. The van der Waals surface area contributed by atoms with Crippen molar-refractivity contribution in [3.05, 3.63) is 110 Å². The predicted octanol–water partition coefficient (Wildman–Crippen LogP) is 10.1. The van der Waals surface area contributed by atoms with Crippen LogP contribution in [0.15, 0.2) is 69.9 Å². The Labute approximate surface area is 378 Å². The number of aliphatic hydroxyl groups is 3. The molecule has 0 radical (unpaired) electrons. The van der Waals surface area contributed by atoms with Crippen LogP contribution in [0.25, 0.3) is 44.2 Å². The molecule has 2 fully saturated rings. The normalized spacial score (nSPS) is 25.8. The third-order valence-electron chi connectivity index (χ3n) is 14.8. The van der Waals surface area contributed by atoms with Gasteiger partial charge in [0.05, 0.1) is 23.0 Å². The third-order valence-corrected chi connectivity index (χ3v) is 17.7.